The van der Waals surface area contributed by atoms with Gasteiger partial charge in [0.25, 0.3) is 11.8 Å². The molecule has 2 amide bonds. The minimum absolute atomic E-state index is 0.0512. The summed E-state index contributed by atoms with van der Waals surface area (Å²) in [5.41, 5.74) is 1.56. The molecule has 0 saturated carbocycles. The summed E-state index contributed by atoms with van der Waals surface area (Å²) < 4.78 is 6.45. The SMILES string of the molecule is CN1CCCCC1CNC(=O)c1ccc(C2=CCC(/C=C3\SC(=S)NC3=O)O2)cc1. The second kappa shape index (κ2) is 9.32. The van der Waals surface area contributed by atoms with Crippen LogP contribution in [-0.4, -0.2) is 53.3 Å². The largest absolute Gasteiger partial charge is 0.486 e. The summed E-state index contributed by atoms with van der Waals surface area (Å²) in [6.07, 6.45) is 7.91. The standard InChI is InChI=1S/C22H25N3O3S2/c1-25-11-3-2-4-16(25)13-23-20(26)15-7-5-14(6-8-15)18-10-9-17(28-18)12-19-21(27)24-22(29)30-19/h5-8,10,12,16-17H,2-4,9,11,13H2,1H3,(H,23,26)(H,24,27,29)/b19-12-. The molecule has 1 aromatic carbocycles. The van der Waals surface area contributed by atoms with Gasteiger partial charge in [-0.05, 0) is 50.7 Å². The number of carbonyl (C=O) groups is 2. The average Bonchev–Trinajstić information content (AvgIpc) is 3.33. The summed E-state index contributed by atoms with van der Waals surface area (Å²) in [4.78, 5) is 27.2. The number of piperidine rings is 1. The van der Waals surface area contributed by atoms with Gasteiger partial charge in [0.15, 0.2) is 0 Å². The van der Waals surface area contributed by atoms with E-state index in [0.717, 1.165) is 24.3 Å². The average molecular weight is 444 g/mol. The predicted molar refractivity (Wildman–Crippen MR) is 123 cm³/mol. The fraction of sp³-hybridized carbons (Fsp3) is 0.409. The van der Waals surface area contributed by atoms with Crippen LogP contribution in [0.2, 0.25) is 0 Å². The topological polar surface area (TPSA) is 70.7 Å². The Bertz CT molecular complexity index is 911. The molecule has 158 valence electrons. The maximum absolute atomic E-state index is 12.5. The van der Waals surface area contributed by atoms with Crippen molar-refractivity contribution in [1.29, 1.82) is 0 Å². The first kappa shape index (κ1) is 21.1. The maximum atomic E-state index is 12.5. The lowest BCUT2D eigenvalue weighted by molar-refractivity contribution is -0.115. The second-order valence-corrected chi connectivity index (χ2v) is 9.47. The van der Waals surface area contributed by atoms with Crippen molar-refractivity contribution in [3.05, 3.63) is 52.4 Å². The molecule has 0 aromatic heterocycles. The number of rotatable bonds is 5. The number of thioether (sulfide) groups is 1. The van der Waals surface area contributed by atoms with Crippen LogP contribution >= 0.6 is 24.0 Å². The molecule has 0 spiro atoms. The summed E-state index contributed by atoms with van der Waals surface area (Å²) in [5.74, 6) is 0.542. The van der Waals surface area contributed by atoms with Crippen LogP contribution < -0.4 is 10.6 Å². The highest BCUT2D eigenvalue weighted by Crippen LogP contribution is 2.31. The molecule has 2 fully saturated rings. The number of nitrogens with zero attached hydrogens (tertiary/aromatic N) is 1. The lowest BCUT2D eigenvalue weighted by Crippen LogP contribution is -2.44. The number of thiocarbonyl (C=S) groups is 1. The molecule has 4 rings (SSSR count). The van der Waals surface area contributed by atoms with Gasteiger partial charge >= 0.3 is 0 Å². The number of ether oxygens (including phenoxy) is 1. The van der Waals surface area contributed by atoms with Gasteiger partial charge in [0, 0.05) is 30.1 Å². The van der Waals surface area contributed by atoms with E-state index in [2.05, 4.69) is 22.6 Å². The Hall–Kier alpha value is -2.16. The van der Waals surface area contributed by atoms with Crippen LogP contribution in [0.25, 0.3) is 5.76 Å². The summed E-state index contributed by atoms with van der Waals surface area (Å²) in [6, 6.07) is 7.86. The van der Waals surface area contributed by atoms with E-state index >= 15 is 0 Å². The number of likely N-dealkylation sites (tertiary alicyclic amines) is 1. The van der Waals surface area contributed by atoms with Crippen molar-refractivity contribution < 1.29 is 14.3 Å². The monoisotopic (exact) mass is 443 g/mol. The zero-order valence-electron chi connectivity index (χ0n) is 16.8. The zero-order chi connectivity index (χ0) is 21.1. The number of likely N-dealkylation sites (N-methyl/N-ethyl adjacent to an activating group) is 1. The van der Waals surface area contributed by atoms with Gasteiger partial charge in [-0.1, -0.05) is 42.5 Å². The molecule has 2 saturated heterocycles. The van der Waals surface area contributed by atoms with Gasteiger partial charge in [-0.25, -0.2) is 0 Å². The Kier molecular flexibility index (Phi) is 6.55. The Morgan fingerprint density at radius 2 is 2.17 bits per heavy atom. The van der Waals surface area contributed by atoms with Crippen LogP contribution in [0.5, 0.6) is 0 Å². The fourth-order valence-corrected chi connectivity index (χ4v) is 4.94. The van der Waals surface area contributed by atoms with Gasteiger partial charge in [0.1, 0.15) is 16.2 Å². The molecule has 30 heavy (non-hydrogen) atoms. The van der Waals surface area contributed by atoms with Gasteiger partial charge in [-0.2, -0.15) is 0 Å². The third-order valence-electron chi connectivity index (χ3n) is 5.64. The number of hydrogen-bond donors (Lipinski definition) is 2. The van der Waals surface area contributed by atoms with E-state index in [-0.39, 0.29) is 17.9 Å². The lowest BCUT2D eigenvalue weighted by atomic mass is 10.0. The van der Waals surface area contributed by atoms with Crippen LogP contribution in [0.1, 0.15) is 41.6 Å². The Morgan fingerprint density at radius 1 is 1.37 bits per heavy atom. The highest BCUT2D eigenvalue weighted by atomic mass is 32.2. The van der Waals surface area contributed by atoms with Gasteiger partial charge < -0.3 is 20.3 Å². The van der Waals surface area contributed by atoms with E-state index in [1.54, 1.807) is 0 Å². The van der Waals surface area contributed by atoms with Crippen molar-refractivity contribution in [2.24, 2.45) is 0 Å². The summed E-state index contributed by atoms with van der Waals surface area (Å²) >= 11 is 6.27. The number of carbonyl (C=O) groups excluding carboxylic acids is 2. The van der Waals surface area contributed by atoms with Gasteiger partial charge in [-0.15, -0.1) is 0 Å². The molecule has 0 aliphatic carbocycles. The third kappa shape index (κ3) is 4.94. The minimum atomic E-state index is -0.190. The van der Waals surface area contributed by atoms with E-state index in [4.69, 9.17) is 17.0 Å². The van der Waals surface area contributed by atoms with Gasteiger partial charge in [-0.3, -0.25) is 9.59 Å². The van der Waals surface area contributed by atoms with Crippen molar-refractivity contribution in [2.75, 3.05) is 20.1 Å². The third-order valence-corrected chi connectivity index (χ3v) is 6.83. The first-order valence-electron chi connectivity index (χ1n) is 10.2. The van der Waals surface area contributed by atoms with E-state index in [9.17, 15) is 9.59 Å². The molecule has 3 aliphatic rings. The molecule has 3 heterocycles. The number of amides is 2. The smallest absolute Gasteiger partial charge is 0.263 e. The molecule has 2 N–H and O–H groups in total. The van der Waals surface area contributed by atoms with Crippen LogP contribution in [0.4, 0.5) is 0 Å². The van der Waals surface area contributed by atoms with Crippen LogP contribution in [-0.2, 0) is 9.53 Å². The summed E-state index contributed by atoms with van der Waals surface area (Å²) in [6.45, 7) is 1.77. The second-order valence-electron chi connectivity index (χ2n) is 7.75. The Labute approximate surface area is 186 Å². The van der Waals surface area contributed by atoms with Crippen molar-refractivity contribution in [2.45, 2.75) is 37.8 Å². The van der Waals surface area contributed by atoms with Gasteiger partial charge in [0.2, 0.25) is 0 Å². The van der Waals surface area contributed by atoms with Crippen molar-refractivity contribution in [1.82, 2.24) is 15.5 Å². The number of hydrogen-bond acceptors (Lipinski definition) is 6. The molecule has 0 radical (unpaired) electrons. The predicted octanol–water partition coefficient (Wildman–Crippen LogP) is 3.06. The molecule has 6 nitrogen and oxygen atoms in total. The van der Waals surface area contributed by atoms with E-state index in [0.29, 0.717) is 33.8 Å². The van der Waals surface area contributed by atoms with Crippen LogP contribution in [0.3, 0.4) is 0 Å². The van der Waals surface area contributed by atoms with Crippen molar-refractivity contribution in [3.8, 4) is 0 Å². The Morgan fingerprint density at radius 3 is 2.87 bits per heavy atom. The van der Waals surface area contributed by atoms with E-state index in [1.807, 2.05) is 36.4 Å². The van der Waals surface area contributed by atoms with Crippen molar-refractivity contribution >= 4 is 45.9 Å². The lowest BCUT2D eigenvalue weighted by Gasteiger charge is -2.32. The highest BCUT2D eigenvalue weighted by Gasteiger charge is 2.26. The molecule has 0 bridgehead atoms. The first-order chi connectivity index (χ1) is 14.5. The Balaban J connectivity index is 1.31. The minimum Gasteiger partial charge on any atom is -0.486 e. The summed E-state index contributed by atoms with van der Waals surface area (Å²) in [5, 5.41) is 5.67. The molecule has 2 atom stereocenters. The van der Waals surface area contributed by atoms with Gasteiger partial charge in [0.05, 0.1) is 4.91 Å². The first-order valence-corrected chi connectivity index (χ1v) is 11.4. The van der Waals surface area contributed by atoms with Crippen LogP contribution in [0, 0.1) is 0 Å². The van der Waals surface area contributed by atoms with E-state index < -0.39 is 0 Å². The number of benzene rings is 1. The fourth-order valence-electron chi connectivity index (χ4n) is 3.88. The molecular weight excluding hydrogens is 418 g/mol. The van der Waals surface area contributed by atoms with Crippen molar-refractivity contribution in [3.63, 3.8) is 0 Å². The van der Waals surface area contributed by atoms with Crippen LogP contribution in [0.15, 0.2) is 41.3 Å². The molecule has 8 heteroatoms. The molecule has 1 aromatic rings. The highest BCUT2D eigenvalue weighted by molar-refractivity contribution is 8.26. The quantitative estimate of drug-likeness (QED) is 0.538. The van der Waals surface area contributed by atoms with E-state index in [1.165, 1.54) is 24.6 Å². The normalized spacial score (nSPS) is 25.8. The molecular formula is C22H25N3O3S2. The number of nitrogens with one attached hydrogen (secondary N) is 2. The zero-order valence-corrected chi connectivity index (χ0v) is 18.5. The molecule has 2 unspecified atom stereocenters. The summed E-state index contributed by atoms with van der Waals surface area (Å²) in [7, 11) is 2.12. The molecule has 3 aliphatic heterocycles. The maximum Gasteiger partial charge on any atom is 0.263 e.